The number of rotatable bonds is 2. The summed E-state index contributed by atoms with van der Waals surface area (Å²) in [5.74, 6) is 0.247. The van der Waals surface area contributed by atoms with E-state index in [1.165, 1.54) is 32.1 Å². The number of anilines is 1. The number of pyridine rings is 1. The molecule has 1 aliphatic carbocycles. The normalized spacial score (nSPS) is 13.7. The van der Waals surface area contributed by atoms with Crippen molar-refractivity contribution in [1.82, 2.24) is 19.6 Å². The molecule has 0 spiro atoms. The van der Waals surface area contributed by atoms with Gasteiger partial charge in [0.1, 0.15) is 0 Å². The Labute approximate surface area is 179 Å². The summed E-state index contributed by atoms with van der Waals surface area (Å²) >= 11 is 0. The Morgan fingerprint density at radius 3 is 2.37 bits per heavy atom. The standard InChI is InChI=1S/C15H16N6.C6H13N.C2H6/c1-9(2)18-12-4-5-13(19-10(12)3)11-6-7-21-14(11)8-17-15(16)20-21;7-6-4-2-1-3-5-6;1-2/h4-8H,1-3H3,(H2,16,20);6H,1-5,7H2;1-2H3. The lowest BCUT2D eigenvalue weighted by Crippen LogP contribution is -2.22. The molecule has 0 saturated heterocycles. The first-order valence-electron chi connectivity index (χ1n) is 10.8. The number of nitrogens with zero attached hydrogens (tertiary/aromatic N) is 5. The molecular weight excluding hydrogens is 374 g/mol. The van der Waals surface area contributed by atoms with E-state index in [9.17, 15) is 0 Å². The molecule has 0 bridgehead atoms. The number of nitrogens with two attached hydrogens (primary N) is 2. The molecule has 0 radical (unpaired) electrons. The Balaban J connectivity index is 0.000000299. The van der Waals surface area contributed by atoms with Crippen LogP contribution < -0.4 is 11.5 Å². The number of hydrogen-bond acceptors (Lipinski definition) is 6. The van der Waals surface area contributed by atoms with Gasteiger partial charge in [-0.2, -0.15) is 0 Å². The van der Waals surface area contributed by atoms with Crippen molar-refractivity contribution in [3.05, 3.63) is 36.3 Å². The number of aromatic nitrogens is 4. The fraction of sp³-hybridized carbons (Fsp3) is 0.478. The van der Waals surface area contributed by atoms with Gasteiger partial charge in [0.15, 0.2) is 0 Å². The van der Waals surface area contributed by atoms with Crippen LogP contribution in [0.5, 0.6) is 0 Å². The van der Waals surface area contributed by atoms with Crippen molar-refractivity contribution in [3.63, 3.8) is 0 Å². The number of hydrogen-bond donors (Lipinski definition) is 2. The van der Waals surface area contributed by atoms with Crippen molar-refractivity contribution in [1.29, 1.82) is 0 Å². The minimum absolute atomic E-state index is 0.247. The van der Waals surface area contributed by atoms with E-state index in [0.29, 0.717) is 6.04 Å². The lowest BCUT2D eigenvalue weighted by Gasteiger charge is -2.15. The van der Waals surface area contributed by atoms with Gasteiger partial charge in [-0.1, -0.05) is 33.1 Å². The van der Waals surface area contributed by atoms with Crippen LogP contribution in [-0.4, -0.2) is 31.3 Å². The van der Waals surface area contributed by atoms with Crippen LogP contribution in [0, 0.1) is 6.92 Å². The van der Waals surface area contributed by atoms with Gasteiger partial charge in [0.2, 0.25) is 5.95 Å². The first-order chi connectivity index (χ1) is 14.4. The quantitative estimate of drug-likeness (QED) is 0.573. The largest absolute Gasteiger partial charge is 0.367 e. The Kier molecular flexibility index (Phi) is 8.92. The summed E-state index contributed by atoms with van der Waals surface area (Å²) in [5, 5.41) is 4.13. The molecule has 162 valence electrons. The molecule has 1 fully saturated rings. The third-order valence-corrected chi connectivity index (χ3v) is 4.76. The van der Waals surface area contributed by atoms with Crippen LogP contribution in [0.2, 0.25) is 0 Å². The number of aliphatic imine (C=N–C) groups is 1. The molecule has 3 aromatic heterocycles. The molecule has 4 N–H and O–H groups in total. The molecule has 0 amide bonds. The van der Waals surface area contributed by atoms with Crippen LogP contribution in [-0.2, 0) is 0 Å². The lowest BCUT2D eigenvalue weighted by molar-refractivity contribution is 0.441. The smallest absolute Gasteiger partial charge is 0.238 e. The van der Waals surface area contributed by atoms with Crippen molar-refractivity contribution < 1.29 is 0 Å². The maximum absolute atomic E-state index is 5.63. The zero-order valence-electron chi connectivity index (χ0n) is 18.9. The summed E-state index contributed by atoms with van der Waals surface area (Å²) in [4.78, 5) is 13.1. The number of aryl methyl sites for hydroxylation is 1. The monoisotopic (exact) mass is 409 g/mol. The van der Waals surface area contributed by atoms with E-state index < -0.39 is 0 Å². The summed E-state index contributed by atoms with van der Waals surface area (Å²) in [6, 6.07) is 6.43. The van der Waals surface area contributed by atoms with Crippen molar-refractivity contribution in [2.24, 2.45) is 10.7 Å². The topological polar surface area (TPSA) is 107 Å². The predicted molar refractivity (Wildman–Crippen MR) is 126 cm³/mol. The Morgan fingerprint density at radius 2 is 1.80 bits per heavy atom. The van der Waals surface area contributed by atoms with Gasteiger partial charge >= 0.3 is 0 Å². The highest BCUT2D eigenvalue weighted by atomic mass is 15.3. The second-order valence-electron chi connectivity index (χ2n) is 7.43. The molecule has 7 heteroatoms. The van der Waals surface area contributed by atoms with Gasteiger partial charge in [0.25, 0.3) is 0 Å². The molecule has 3 heterocycles. The van der Waals surface area contributed by atoms with Gasteiger partial charge in [0.05, 0.1) is 28.8 Å². The molecule has 0 unspecified atom stereocenters. The SMILES string of the molecule is CC.CC(C)=Nc1ccc(-c2ccn3nc(N)ncc23)nc1C.NC1CCCCC1. The second kappa shape index (κ2) is 11.4. The average Bonchev–Trinajstić information content (AvgIpc) is 3.15. The van der Waals surface area contributed by atoms with E-state index >= 15 is 0 Å². The zero-order valence-corrected chi connectivity index (χ0v) is 18.9. The van der Waals surface area contributed by atoms with Crippen molar-refractivity contribution in [2.75, 3.05) is 5.73 Å². The van der Waals surface area contributed by atoms with Crippen molar-refractivity contribution in [2.45, 2.75) is 72.8 Å². The van der Waals surface area contributed by atoms with Gasteiger partial charge in [-0.15, -0.1) is 5.10 Å². The van der Waals surface area contributed by atoms with Crippen LogP contribution in [0.3, 0.4) is 0 Å². The summed E-state index contributed by atoms with van der Waals surface area (Å²) in [5.41, 5.74) is 16.7. The van der Waals surface area contributed by atoms with E-state index in [1.807, 2.05) is 59.0 Å². The lowest BCUT2D eigenvalue weighted by atomic mass is 9.97. The highest BCUT2D eigenvalue weighted by Gasteiger charge is 2.10. The average molecular weight is 410 g/mol. The van der Waals surface area contributed by atoms with Crippen LogP contribution in [0.1, 0.15) is 65.5 Å². The molecule has 0 aromatic carbocycles. The fourth-order valence-corrected chi connectivity index (χ4v) is 3.33. The predicted octanol–water partition coefficient (Wildman–Crippen LogP) is 5.10. The van der Waals surface area contributed by atoms with E-state index in [1.54, 1.807) is 10.7 Å². The zero-order chi connectivity index (χ0) is 22.1. The Morgan fingerprint density at radius 1 is 1.10 bits per heavy atom. The van der Waals surface area contributed by atoms with Crippen molar-refractivity contribution in [3.8, 4) is 11.3 Å². The first kappa shape index (κ1) is 23.5. The number of fused-ring (bicyclic) bond motifs is 1. The molecular formula is C23H35N7. The molecule has 30 heavy (non-hydrogen) atoms. The highest BCUT2D eigenvalue weighted by molar-refractivity contribution is 5.83. The molecule has 0 aliphatic heterocycles. The Hall–Kier alpha value is -2.80. The molecule has 3 aromatic rings. The van der Waals surface area contributed by atoms with Crippen LogP contribution in [0.25, 0.3) is 16.8 Å². The highest BCUT2D eigenvalue weighted by Crippen LogP contribution is 2.27. The van der Waals surface area contributed by atoms with Crippen molar-refractivity contribution >= 4 is 22.9 Å². The van der Waals surface area contributed by atoms with Crippen LogP contribution >= 0.6 is 0 Å². The van der Waals surface area contributed by atoms with Gasteiger partial charge in [0, 0.05) is 23.5 Å². The van der Waals surface area contributed by atoms with Gasteiger partial charge < -0.3 is 11.5 Å². The van der Waals surface area contributed by atoms with E-state index in [4.69, 9.17) is 11.5 Å². The minimum atomic E-state index is 0.247. The summed E-state index contributed by atoms with van der Waals surface area (Å²) in [7, 11) is 0. The maximum atomic E-state index is 5.63. The van der Waals surface area contributed by atoms with Crippen LogP contribution in [0.4, 0.5) is 11.6 Å². The summed E-state index contributed by atoms with van der Waals surface area (Å²) in [6.45, 7) is 9.89. The van der Waals surface area contributed by atoms with E-state index in [0.717, 1.165) is 33.9 Å². The number of nitrogen functional groups attached to an aromatic ring is 1. The third-order valence-electron chi connectivity index (χ3n) is 4.76. The third kappa shape index (κ3) is 6.35. The van der Waals surface area contributed by atoms with E-state index in [2.05, 4.69) is 20.1 Å². The fourth-order valence-electron chi connectivity index (χ4n) is 3.33. The minimum Gasteiger partial charge on any atom is -0.367 e. The molecule has 1 aliphatic rings. The first-order valence-corrected chi connectivity index (χ1v) is 10.8. The molecule has 1 saturated carbocycles. The Bertz CT molecular complexity index is 965. The maximum Gasteiger partial charge on any atom is 0.238 e. The van der Waals surface area contributed by atoms with E-state index in [-0.39, 0.29) is 5.95 Å². The second-order valence-corrected chi connectivity index (χ2v) is 7.43. The summed E-state index contributed by atoms with van der Waals surface area (Å²) < 4.78 is 1.71. The van der Waals surface area contributed by atoms with Gasteiger partial charge in [-0.05, 0) is 51.8 Å². The molecule has 7 nitrogen and oxygen atoms in total. The van der Waals surface area contributed by atoms with Crippen LogP contribution in [0.15, 0.2) is 35.6 Å². The molecule has 4 rings (SSSR count). The van der Waals surface area contributed by atoms with Gasteiger partial charge in [-0.3, -0.25) is 9.98 Å². The van der Waals surface area contributed by atoms with Gasteiger partial charge in [-0.25, -0.2) is 9.50 Å². The summed E-state index contributed by atoms with van der Waals surface area (Å²) in [6.07, 6.45) is 10.2. The molecule has 0 atom stereocenters.